The minimum Gasteiger partial charge on any atom is -0.486 e. The summed E-state index contributed by atoms with van der Waals surface area (Å²) in [7, 11) is 0. The summed E-state index contributed by atoms with van der Waals surface area (Å²) >= 11 is 0. The third kappa shape index (κ3) is 1.92. The van der Waals surface area contributed by atoms with E-state index >= 15 is 0 Å². The van der Waals surface area contributed by atoms with Crippen LogP contribution in [0.2, 0.25) is 0 Å². The summed E-state index contributed by atoms with van der Waals surface area (Å²) in [5.74, 6) is 1.68. The molecule has 4 heteroatoms. The van der Waals surface area contributed by atoms with Crippen LogP contribution < -0.4 is 14.8 Å². The number of hydrogen-bond donors (Lipinski definition) is 1. The van der Waals surface area contributed by atoms with Gasteiger partial charge in [-0.2, -0.15) is 0 Å². The molecular weight excluding hydrogens is 230 g/mol. The fourth-order valence-corrected chi connectivity index (χ4v) is 2.31. The third-order valence-electron chi connectivity index (χ3n) is 3.54. The van der Waals surface area contributed by atoms with Gasteiger partial charge in [0.25, 0.3) is 0 Å². The van der Waals surface area contributed by atoms with Crippen molar-refractivity contribution in [2.75, 3.05) is 13.2 Å². The molecule has 3 rings (SSSR count). The first-order chi connectivity index (χ1) is 8.73. The molecule has 1 aromatic rings. The number of carbonyl (C=O) groups is 1. The Morgan fingerprint density at radius 2 is 2.00 bits per heavy atom. The number of ether oxygens (including phenoxy) is 2. The summed E-state index contributed by atoms with van der Waals surface area (Å²) in [5.41, 5.74) is 0.955. The first kappa shape index (κ1) is 11.4. The Kier molecular flexibility index (Phi) is 2.65. The Bertz CT molecular complexity index is 480. The number of fused-ring (bicyclic) bond motifs is 1. The molecule has 1 aromatic carbocycles. The zero-order valence-electron chi connectivity index (χ0n) is 10.5. The number of carbonyl (C=O) groups excluding carboxylic acids is 1. The van der Waals surface area contributed by atoms with Crippen molar-refractivity contribution in [3.05, 3.63) is 23.8 Å². The molecule has 0 bridgehead atoms. The molecule has 2 aliphatic rings. The van der Waals surface area contributed by atoms with E-state index in [0.717, 1.165) is 29.9 Å². The van der Waals surface area contributed by atoms with Crippen LogP contribution in [-0.4, -0.2) is 19.1 Å². The summed E-state index contributed by atoms with van der Waals surface area (Å²) < 4.78 is 11.1. The van der Waals surface area contributed by atoms with Crippen LogP contribution in [0.1, 0.15) is 31.7 Å². The highest BCUT2D eigenvalue weighted by Crippen LogP contribution is 2.47. The van der Waals surface area contributed by atoms with Crippen molar-refractivity contribution in [3.63, 3.8) is 0 Å². The molecule has 0 atom stereocenters. The second kappa shape index (κ2) is 4.19. The van der Waals surface area contributed by atoms with Crippen molar-refractivity contribution < 1.29 is 14.3 Å². The largest absolute Gasteiger partial charge is 0.486 e. The molecule has 0 aromatic heterocycles. The predicted octanol–water partition coefficient (Wildman–Crippen LogP) is 1.97. The van der Waals surface area contributed by atoms with Gasteiger partial charge in [-0.15, -0.1) is 0 Å². The number of rotatable bonds is 3. The summed E-state index contributed by atoms with van der Waals surface area (Å²) in [6.45, 7) is 3.06. The highest BCUT2D eigenvalue weighted by molar-refractivity contribution is 5.77. The second-order valence-corrected chi connectivity index (χ2v) is 4.84. The minimum atomic E-state index is -0.164. The SMILES string of the molecule is CCC(=O)NC1(c2ccc3c(c2)OCCO3)CC1. The Labute approximate surface area is 106 Å². The van der Waals surface area contributed by atoms with E-state index in [0.29, 0.717) is 19.6 Å². The van der Waals surface area contributed by atoms with Crippen molar-refractivity contribution in [2.45, 2.75) is 31.7 Å². The number of amides is 1. The molecule has 1 aliphatic heterocycles. The summed E-state index contributed by atoms with van der Waals surface area (Å²) in [6, 6.07) is 5.95. The average Bonchev–Trinajstić information content (AvgIpc) is 3.19. The molecule has 1 amide bonds. The second-order valence-electron chi connectivity index (χ2n) is 4.84. The molecule has 1 heterocycles. The molecule has 0 spiro atoms. The van der Waals surface area contributed by atoms with E-state index in [-0.39, 0.29) is 11.4 Å². The van der Waals surface area contributed by atoms with Crippen molar-refractivity contribution in [2.24, 2.45) is 0 Å². The molecule has 1 fully saturated rings. The minimum absolute atomic E-state index is 0.0994. The zero-order chi connectivity index (χ0) is 12.6. The van der Waals surface area contributed by atoms with Gasteiger partial charge < -0.3 is 14.8 Å². The van der Waals surface area contributed by atoms with Crippen LogP contribution in [0, 0.1) is 0 Å². The lowest BCUT2D eigenvalue weighted by Crippen LogP contribution is -2.34. The molecule has 1 N–H and O–H groups in total. The van der Waals surface area contributed by atoms with Crippen molar-refractivity contribution in [3.8, 4) is 11.5 Å². The van der Waals surface area contributed by atoms with Gasteiger partial charge in [-0.25, -0.2) is 0 Å². The van der Waals surface area contributed by atoms with Gasteiger partial charge in [-0.05, 0) is 30.5 Å². The average molecular weight is 247 g/mol. The number of nitrogens with one attached hydrogen (secondary N) is 1. The summed E-state index contributed by atoms with van der Waals surface area (Å²) in [5, 5.41) is 3.10. The number of hydrogen-bond acceptors (Lipinski definition) is 3. The van der Waals surface area contributed by atoms with Gasteiger partial charge in [0.1, 0.15) is 13.2 Å². The topological polar surface area (TPSA) is 47.6 Å². The summed E-state index contributed by atoms with van der Waals surface area (Å²) in [4.78, 5) is 11.6. The van der Waals surface area contributed by atoms with Gasteiger partial charge in [0.15, 0.2) is 11.5 Å². The van der Waals surface area contributed by atoms with E-state index in [1.165, 1.54) is 0 Å². The normalized spacial score (nSPS) is 19.2. The fraction of sp³-hybridized carbons (Fsp3) is 0.500. The van der Waals surface area contributed by atoms with Gasteiger partial charge in [-0.3, -0.25) is 4.79 Å². The van der Waals surface area contributed by atoms with Gasteiger partial charge in [0.2, 0.25) is 5.91 Å². The standard InChI is InChI=1S/C14H17NO3/c1-2-13(16)15-14(5-6-14)10-3-4-11-12(9-10)18-8-7-17-11/h3-4,9H,2,5-8H2,1H3,(H,15,16). The maximum absolute atomic E-state index is 11.6. The van der Waals surface area contributed by atoms with Gasteiger partial charge in [0, 0.05) is 6.42 Å². The lowest BCUT2D eigenvalue weighted by molar-refractivity contribution is -0.121. The molecule has 1 saturated carbocycles. The van der Waals surface area contributed by atoms with Crippen LogP contribution >= 0.6 is 0 Å². The van der Waals surface area contributed by atoms with Crippen LogP contribution in [0.5, 0.6) is 11.5 Å². The highest BCUT2D eigenvalue weighted by Gasteiger charge is 2.45. The molecule has 18 heavy (non-hydrogen) atoms. The monoisotopic (exact) mass is 247 g/mol. The fourth-order valence-electron chi connectivity index (χ4n) is 2.31. The zero-order valence-corrected chi connectivity index (χ0v) is 10.5. The number of benzene rings is 1. The van der Waals surface area contributed by atoms with Crippen molar-refractivity contribution >= 4 is 5.91 Å². The van der Waals surface area contributed by atoms with Crippen molar-refractivity contribution in [1.82, 2.24) is 5.32 Å². The first-order valence-electron chi connectivity index (χ1n) is 6.45. The quantitative estimate of drug-likeness (QED) is 0.888. The van der Waals surface area contributed by atoms with Crippen LogP contribution in [0.15, 0.2) is 18.2 Å². The Morgan fingerprint density at radius 1 is 1.28 bits per heavy atom. The first-order valence-corrected chi connectivity index (χ1v) is 6.45. The molecule has 4 nitrogen and oxygen atoms in total. The van der Waals surface area contributed by atoms with E-state index in [4.69, 9.17) is 9.47 Å². The van der Waals surface area contributed by atoms with Gasteiger partial charge in [0.05, 0.1) is 5.54 Å². The van der Waals surface area contributed by atoms with Gasteiger partial charge in [-0.1, -0.05) is 13.0 Å². The summed E-state index contributed by atoms with van der Waals surface area (Å²) in [6.07, 6.45) is 2.52. The molecule has 0 saturated heterocycles. The lowest BCUT2D eigenvalue weighted by Gasteiger charge is -2.22. The van der Waals surface area contributed by atoms with E-state index in [2.05, 4.69) is 5.32 Å². The lowest BCUT2D eigenvalue weighted by atomic mass is 10.0. The third-order valence-corrected chi connectivity index (χ3v) is 3.54. The Hall–Kier alpha value is -1.71. The molecule has 0 unspecified atom stereocenters. The van der Waals surface area contributed by atoms with E-state index in [1.807, 2.05) is 25.1 Å². The van der Waals surface area contributed by atoms with Gasteiger partial charge >= 0.3 is 0 Å². The maximum atomic E-state index is 11.6. The van der Waals surface area contributed by atoms with Crippen LogP contribution in [0.4, 0.5) is 0 Å². The maximum Gasteiger partial charge on any atom is 0.220 e. The van der Waals surface area contributed by atoms with Crippen LogP contribution in [0.3, 0.4) is 0 Å². The molecule has 1 aliphatic carbocycles. The van der Waals surface area contributed by atoms with E-state index < -0.39 is 0 Å². The molecular formula is C14H17NO3. The van der Waals surface area contributed by atoms with Crippen LogP contribution in [0.25, 0.3) is 0 Å². The Balaban J connectivity index is 1.86. The predicted molar refractivity (Wildman–Crippen MR) is 66.8 cm³/mol. The highest BCUT2D eigenvalue weighted by atomic mass is 16.6. The smallest absolute Gasteiger partial charge is 0.220 e. The van der Waals surface area contributed by atoms with Crippen LogP contribution in [-0.2, 0) is 10.3 Å². The van der Waals surface area contributed by atoms with Crippen molar-refractivity contribution in [1.29, 1.82) is 0 Å². The van der Waals surface area contributed by atoms with E-state index in [9.17, 15) is 4.79 Å². The van der Waals surface area contributed by atoms with E-state index in [1.54, 1.807) is 0 Å². The molecule has 0 radical (unpaired) electrons. The molecule has 96 valence electrons. The Morgan fingerprint density at radius 3 is 2.67 bits per heavy atom.